The van der Waals surface area contributed by atoms with Crippen molar-refractivity contribution in [2.24, 2.45) is 5.73 Å². The van der Waals surface area contributed by atoms with Crippen molar-refractivity contribution in [3.05, 3.63) is 120 Å². The molecule has 41 heavy (non-hydrogen) atoms. The molecule has 3 aromatic carbocycles. The topological polar surface area (TPSA) is 122 Å². The zero-order valence-electron chi connectivity index (χ0n) is 22.4. The van der Waals surface area contributed by atoms with Crippen LogP contribution in [-0.4, -0.2) is 10.7 Å². The molecule has 8 nitrogen and oxygen atoms in total. The summed E-state index contributed by atoms with van der Waals surface area (Å²) in [4.78, 5) is 26.2. The van der Waals surface area contributed by atoms with E-state index in [0.29, 0.717) is 42.0 Å². The van der Waals surface area contributed by atoms with Crippen molar-refractivity contribution >= 4 is 28.8 Å². The normalized spacial score (nSPS) is 16.9. The largest absolute Gasteiger partial charge is 0.489 e. The van der Waals surface area contributed by atoms with E-state index >= 15 is 0 Å². The Morgan fingerprint density at radius 3 is 2.59 bits per heavy atom. The monoisotopic (exact) mass is 572 g/mol. The maximum absolute atomic E-state index is 13.6. The number of rotatable bonds is 6. The molecule has 1 aliphatic carbocycles. The maximum atomic E-state index is 13.6. The molecule has 5 rings (SSSR count). The van der Waals surface area contributed by atoms with Crippen LogP contribution in [0.4, 0.5) is 15.8 Å². The summed E-state index contributed by atoms with van der Waals surface area (Å²) in [7, 11) is 0. The number of nitrogens with zero attached hydrogens (tertiary/aromatic N) is 3. The van der Waals surface area contributed by atoms with E-state index in [-0.39, 0.29) is 40.3 Å². The number of anilines is 1. The summed E-state index contributed by atoms with van der Waals surface area (Å²) in [5, 5.41) is 22.0. The van der Waals surface area contributed by atoms with Gasteiger partial charge in [-0.3, -0.25) is 19.8 Å². The van der Waals surface area contributed by atoms with Crippen LogP contribution in [0.2, 0.25) is 5.02 Å². The predicted molar refractivity (Wildman–Crippen MR) is 153 cm³/mol. The smallest absolute Gasteiger partial charge is 0.289 e. The van der Waals surface area contributed by atoms with Crippen LogP contribution in [0.1, 0.15) is 47.4 Å². The van der Waals surface area contributed by atoms with E-state index in [1.807, 2.05) is 26.0 Å². The standard InChI is InChI=1S/C31H26ClFN4O4/c1-17-12-19(16-41-22-9-6-20(33)7-10-22)18(2)23(13-17)29-24(15-34)31(35)36(26-4-3-5-28(38)30(26)29)21-8-11-25(32)27(14-21)37(39)40/h6-14,29H,3-5,16,35H2,1-2H3. The number of carbonyl (C=O) groups excluding carboxylic acids is 1. The Morgan fingerprint density at radius 2 is 1.90 bits per heavy atom. The Hall–Kier alpha value is -4.68. The minimum absolute atomic E-state index is 0.0311. The van der Waals surface area contributed by atoms with Crippen molar-refractivity contribution in [2.45, 2.75) is 45.6 Å². The van der Waals surface area contributed by atoms with Crippen LogP contribution in [0.15, 0.2) is 77.3 Å². The van der Waals surface area contributed by atoms with E-state index in [1.54, 1.807) is 23.1 Å². The van der Waals surface area contributed by atoms with E-state index in [4.69, 9.17) is 22.1 Å². The molecule has 0 aromatic heterocycles. The second-order valence-corrected chi connectivity index (χ2v) is 10.5. The Balaban J connectivity index is 1.64. The van der Waals surface area contributed by atoms with Crippen LogP contribution in [0.3, 0.4) is 0 Å². The van der Waals surface area contributed by atoms with Gasteiger partial charge < -0.3 is 10.5 Å². The number of nitriles is 1. The van der Waals surface area contributed by atoms with Gasteiger partial charge in [0.2, 0.25) is 0 Å². The number of halogens is 2. The number of nitrogens with two attached hydrogens (primary N) is 1. The highest BCUT2D eigenvalue weighted by atomic mass is 35.5. The highest BCUT2D eigenvalue weighted by molar-refractivity contribution is 6.32. The van der Waals surface area contributed by atoms with Gasteiger partial charge in [0, 0.05) is 23.8 Å². The summed E-state index contributed by atoms with van der Waals surface area (Å²) in [5.41, 5.74) is 11.3. The summed E-state index contributed by atoms with van der Waals surface area (Å²) < 4.78 is 19.3. The Labute approximate surface area is 241 Å². The summed E-state index contributed by atoms with van der Waals surface area (Å²) in [5.74, 6) is -0.567. The Morgan fingerprint density at radius 1 is 1.17 bits per heavy atom. The quantitative estimate of drug-likeness (QED) is 0.252. The first-order chi connectivity index (χ1) is 19.6. The van der Waals surface area contributed by atoms with Crippen LogP contribution in [0.25, 0.3) is 0 Å². The molecule has 0 saturated heterocycles. The molecule has 0 spiro atoms. The van der Waals surface area contributed by atoms with E-state index in [9.17, 15) is 24.6 Å². The van der Waals surface area contributed by atoms with Crippen LogP contribution < -0.4 is 15.4 Å². The zero-order chi connectivity index (χ0) is 29.4. The van der Waals surface area contributed by atoms with Gasteiger partial charge >= 0.3 is 0 Å². The lowest BCUT2D eigenvalue weighted by Gasteiger charge is -2.40. The molecule has 3 aromatic rings. The minimum Gasteiger partial charge on any atom is -0.489 e. The van der Waals surface area contributed by atoms with Crippen molar-refractivity contribution in [1.29, 1.82) is 5.26 Å². The minimum atomic E-state index is -0.717. The van der Waals surface area contributed by atoms with Crippen LogP contribution in [-0.2, 0) is 11.4 Å². The first-order valence-corrected chi connectivity index (χ1v) is 13.4. The van der Waals surface area contributed by atoms with Crippen LogP contribution >= 0.6 is 11.6 Å². The molecule has 1 aliphatic heterocycles. The number of hydrogen-bond donors (Lipinski definition) is 1. The molecule has 0 amide bonds. The number of Topliss-reactive ketones (excluding diaryl/α,β-unsaturated/α-hetero) is 1. The molecule has 0 fully saturated rings. The number of hydrogen-bond acceptors (Lipinski definition) is 7. The predicted octanol–water partition coefficient (Wildman–Crippen LogP) is 6.89. The molecule has 10 heteroatoms. The van der Waals surface area contributed by atoms with Gasteiger partial charge in [0.05, 0.1) is 28.2 Å². The van der Waals surface area contributed by atoms with Crippen molar-refractivity contribution in [2.75, 3.05) is 4.90 Å². The van der Waals surface area contributed by atoms with Gasteiger partial charge in [-0.2, -0.15) is 5.26 Å². The SMILES string of the molecule is Cc1cc(COc2ccc(F)cc2)c(C)c(C2C(C#N)=C(N)N(c3ccc(Cl)c([N+](=O)[O-])c3)C3=C2C(=O)CCC3)c1. The number of ether oxygens (including phenoxy) is 1. The fourth-order valence-electron chi connectivity index (χ4n) is 5.58. The van der Waals surface area contributed by atoms with E-state index in [1.165, 1.54) is 24.3 Å². The summed E-state index contributed by atoms with van der Waals surface area (Å²) in [6.07, 6.45) is 1.39. The third-order valence-electron chi connectivity index (χ3n) is 7.52. The Bertz CT molecular complexity index is 1690. The van der Waals surface area contributed by atoms with Gasteiger partial charge in [-0.05, 0) is 79.8 Å². The number of carbonyl (C=O) groups is 1. The molecule has 0 bridgehead atoms. The average Bonchev–Trinajstić information content (AvgIpc) is 2.94. The van der Waals surface area contributed by atoms with Gasteiger partial charge in [0.15, 0.2) is 5.78 Å². The van der Waals surface area contributed by atoms with Crippen LogP contribution in [0.5, 0.6) is 5.75 Å². The molecule has 2 aliphatic rings. The summed E-state index contributed by atoms with van der Waals surface area (Å²) >= 11 is 6.06. The second kappa shape index (κ2) is 11.1. The van der Waals surface area contributed by atoms with Gasteiger partial charge in [0.25, 0.3) is 5.69 Å². The van der Waals surface area contributed by atoms with E-state index in [0.717, 1.165) is 22.3 Å². The molecule has 2 N–H and O–H groups in total. The lowest BCUT2D eigenvalue weighted by molar-refractivity contribution is -0.384. The number of aryl methyl sites for hydroxylation is 1. The Kier molecular flexibility index (Phi) is 7.52. The van der Waals surface area contributed by atoms with Crippen molar-refractivity contribution < 1.29 is 18.8 Å². The first kappa shape index (κ1) is 27.9. The molecular formula is C31H26ClFN4O4. The fraction of sp³-hybridized carbons (Fsp3) is 0.226. The second-order valence-electron chi connectivity index (χ2n) is 10.1. The molecule has 0 radical (unpaired) electrons. The number of ketones is 1. The summed E-state index contributed by atoms with van der Waals surface area (Å²) in [6, 6.07) is 16.2. The molecular weight excluding hydrogens is 547 g/mol. The van der Waals surface area contributed by atoms with E-state index < -0.39 is 10.8 Å². The number of nitro groups is 1. The molecule has 208 valence electrons. The number of allylic oxidation sites excluding steroid dienone is 3. The molecule has 0 saturated carbocycles. The third-order valence-corrected chi connectivity index (χ3v) is 7.84. The first-order valence-electron chi connectivity index (χ1n) is 13.0. The van der Waals surface area contributed by atoms with E-state index in [2.05, 4.69) is 6.07 Å². The lowest BCUT2D eigenvalue weighted by Crippen LogP contribution is -2.39. The number of nitro benzene ring substituents is 1. The van der Waals surface area contributed by atoms with Crippen molar-refractivity contribution in [3.8, 4) is 11.8 Å². The zero-order valence-corrected chi connectivity index (χ0v) is 23.2. The van der Waals surface area contributed by atoms with Gasteiger partial charge in [-0.25, -0.2) is 4.39 Å². The fourth-order valence-corrected chi connectivity index (χ4v) is 5.76. The van der Waals surface area contributed by atoms with Gasteiger partial charge in [-0.1, -0.05) is 29.3 Å². The molecule has 1 unspecified atom stereocenters. The van der Waals surface area contributed by atoms with Gasteiger partial charge in [-0.15, -0.1) is 0 Å². The van der Waals surface area contributed by atoms with Crippen molar-refractivity contribution in [3.63, 3.8) is 0 Å². The number of benzene rings is 3. The van der Waals surface area contributed by atoms with Crippen LogP contribution in [0, 0.1) is 41.1 Å². The third kappa shape index (κ3) is 5.14. The summed E-state index contributed by atoms with van der Waals surface area (Å²) in [6.45, 7) is 4.02. The van der Waals surface area contributed by atoms with Gasteiger partial charge in [0.1, 0.15) is 29.0 Å². The molecule has 1 atom stereocenters. The lowest BCUT2D eigenvalue weighted by atomic mass is 9.73. The highest BCUT2D eigenvalue weighted by Crippen LogP contribution is 2.48. The maximum Gasteiger partial charge on any atom is 0.289 e. The average molecular weight is 573 g/mol. The molecule has 1 heterocycles. The highest BCUT2D eigenvalue weighted by Gasteiger charge is 2.41. The van der Waals surface area contributed by atoms with Crippen molar-refractivity contribution in [1.82, 2.24) is 0 Å².